The minimum Gasteiger partial charge on any atom is -0.481 e. The first-order chi connectivity index (χ1) is 10.3. The highest BCUT2D eigenvalue weighted by Crippen LogP contribution is 2.17. The van der Waals surface area contributed by atoms with E-state index in [0.717, 1.165) is 9.54 Å². The fraction of sp³-hybridized carbons (Fsp3) is 0.200. The van der Waals surface area contributed by atoms with E-state index in [2.05, 4.69) is 0 Å². The molecule has 0 aliphatic rings. The largest absolute Gasteiger partial charge is 0.481 e. The molecule has 1 heterocycles. The molecule has 0 saturated heterocycles. The van der Waals surface area contributed by atoms with Crippen molar-refractivity contribution < 1.29 is 23.1 Å². The summed E-state index contributed by atoms with van der Waals surface area (Å²) in [7, 11) is -3.75. The number of carboxylic acid groups (broad SMARTS) is 1. The number of carbonyl (C=O) groups excluding carboxylic acids is 1. The van der Waals surface area contributed by atoms with E-state index >= 15 is 0 Å². The average molecular weight is 321 g/mol. The van der Waals surface area contributed by atoms with E-state index in [0.29, 0.717) is 0 Å². The van der Waals surface area contributed by atoms with Crippen LogP contribution in [0.5, 0.6) is 0 Å². The minimum absolute atomic E-state index is 0.123. The Morgan fingerprint density at radius 1 is 1.09 bits per heavy atom. The fourth-order valence-electron chi connectivity index (χ4n) is 1.89. The molecule has 7 heteroatoms. The molecule has 0 bridgehead atoms. The third-order valence-corrected chi connectivity index (χ3v) is 4.80. The highest BCUT2D eigenvalue weighted by molar-refractivity contribution is 7.90. The summed E-state index contributed by atoms with van der Waals surface area (Å²) in [6.07, 6.45) is 2.04. The molecule has 22 heavy (non-hydrogen) atoms. The molecule has 0 amide bonds. The lowest BCUT2D eigenvalue weighted by molar-refractivity contribution is -0.136. The molecular formula is C15H15NO5S. The zero-order valence-corrected chi connectivity index (χ0v) is 12.7. The molecule has 0 aliphatic heterocycles. The summed E-state index contributed by atoms with van der Waals surface area (Å²) >= 11 is 0. The number of aryl methyl sites for hydroxylation is 1. The predicted octanol–water partition coefficient (Wildman–Crippen LogP) is 2.08. The molecule has 2 rings (SSSR count). The first-order valence-electron chi connectivity index (χ1n) is 6.56. The van der Waals surface area contributed by atoms with Gasteiger partial charge in [-0.15, -0.1) is 0 Å². The number of ketones is 1. The maximum atomic E-state index is 12.4. The second-order valence-corrected chi connectivity index (χ2v) is 6.71. The number of carboxylic acids is 1. The zero-order valence-electron chi connectivity index (χ0n) is 11.9. The monoisotopic (exact) mass is 321 g/mol. The van der Waals surface area contributed by atoms with Crippen LogP contribution < -0.4 is 0 Å². The van der Waals surface area contributed by atoms with Crippen molar-refractivity contribution in [2.75, 3.05) is 0 Å². The number of nitrogens with zero attached hydrogens (tertiary/aromatic N) is 1. The molecule has 2 aromatic rings. The fourth-order valence-corrected chi connectivity index (χ4v) is 3.08. The Morgan fingerprint density at radius 2 is 1.73 bits per heavy atom. The number of hydrogen-bond donors (Lipinski definition) is 1. The number of rotatable bonds is 6. The lowest BCUT2D eigenvalue weighted by atomic mass is 10.1. The summed E-state index contributed by atoms with van der Waals surface area (Å²) in [5.74, 6) is -1.47. The number of aromatic nitrogens is 1. The van der Waals surface area contributed by atoms with Crippen molar-refractivity contribution in [1.82, 2.24) is 3.97 Å². The van der Waals surface area contributed by atoms with Gasteiger partial charge >= 0.3 is 5.97 Å². The van der Waals surface area contributed by atoms with Crippen molar-refractivity contribution in [1.29, 1.82) is 0 Å². The van der Waals surface area contributed by atoms with E-state index in [1.165, 1.54) is 30.6 Å². The van der Waals surface area contributed by atoms with Crippen LogP contribution in [0.15, 0.2) is 47.6 Å². The Labute approximate surface area is 128 Å². The van der Waals surface area contributed by atoms with E-state index in [1.54, 1.807) is 12.1 Å². The normalized spacial score (nSPS) is 11.3. The molecule has 0 fully saturated rings. The number of aliphatic carboxylic acids is 1. The van der Waals surface area contributed by atoms with Gasteiger partial charge in [-0.3, -0.25) is 9.59 Å². The van der Waals surface area contributed by atoms with Gasteiger partial charge < -0.3 is 5.11 Å². The van der Waals surface area contributed by atoms with Crippen LogP contribution in [0.4, 0.5) is 0 Å². The number of benzene rings is 1. The molecule has 116 valence electrons. The number of Topliss-reactive ketones (excluding diaryl/α,β-unsaturated/α-hetero) is 1. The molecule has 0 spiro atoms. The minimum atomic E-state index is -3.75. The first-order valence-corrected chi connectivity index (χ1v) is 8.00. The Bertz CT molecular complexity index is 803. The van der Waals surface area contributed by atoms with Gasteiger partial charge in [-0.05, 0) is 25.1 Å². The van der Waals surface area contributed by atoms with Crippen molar-refractivity contribution in [2.24, 2.45) is 0 Å². The summed E-state index contributed by atoms with van der Waals surface area (Å²) in [6.45, 7) is 1.85. The van der Waals surface area contributed by atoms with Crippen LogP contribution in [-0.4, -0.2) is 29.2 Å². The molecule has 0 radical (unpaired) electrons. The van der Waals surface area contributed by atoms with Crippen LogP contribution in [0.1, 0.15) is 28.8 Å². The summed E-state index contributed by atoms with van der Waals surface area (Å²) in [5.41, 5.74) is 1.12. The molecule has 6 nitrogen and oxygen atoms in total. The SMILES string of the molecule is Cc1ccc(S(=O)(=O)n2ccc(C(=O)CCC(=O)O)c2)cc1. The van der Waals surface area contributed by atoms with Crippen LogP contribution in [0, 0.1) is 6.92 Å². The number of hydrogen-bond acceptors (Lipinski definition) is 4. The third kappa shape index (κ3) is 3.43. The van der Waals surface area contributed by atoms with E-state index < -0.39 is 21.8 Å². The van der Waals surface area contributed by atoms with Gasteiger partial charge in [-0.25, -0.2) is 12.4 Å². The highest BCUT2D eigenvalue weighted by Gasteiger charge is 2.18. The van der Waals surface area contributed by atoms with Crippen LogP contribution in [0.3, 0.4) is 0 Å². The van der Waals surface area contributed by atoms with Gasteiger partial charge in [0.15, 0.2) is 5.78 Å². The van der Waals surface area contributed by atoms with Gasteiger partial charge in [-0.1, -0.05) is 17.7 Å². The average Bonchev–Trinajstić information content (AvgIpc) is 2.95. The summed E-state index contributed by atoms with van der Waals surface area (Å²) in [4.78, 5) is 22.4. The van der Waals surface area contributed by atoms with Crippen molar-refractivity contribution in [3.8, 4) is 0 Å². The number of carbonyl (C=O) groups is 2. The van der Waals surface area contributed by atoms with Crippen molar-refractivity contribution >= 4 is 21.8 Å². The second-order valence-electron chi connectivity index (χ2n) is 4.87. The Kier molecular flexibility index (Phi) is 4.46. The van der Waals surface area contributed by atoms with E-state index in [1.807, 2.05) is 6.92 Å². The van der Waals surface area contributed by atoms with Gasteiger partial charge in [0.05, 0.1) is 11.3 Å². The quantitative estimate of drug-likeness (QED) is 0.822. The topological polar surface area (TPSA) is 93.4 Å². The Morgan fingerprint density at radius 3 is 2.32 bits per heavy atom. The molecular weight excluding hydrogens is 306 g/mol. The van der Waals surface area contributed by atoms with E-state index in [4.69, 9.17) is 5.11 Å². The summed E-state index contributed by atoms with van der Waals surface area (Å²) < 4.78 is 25.8. The molecule has 0 unspecified atom stereocenters. The maximum Gasteiger partial charge on any atom is 0.303 e. The smallest absolute Gasteiger partial charge is 0.303 e. The first kappa shape index (κ1) is 16.0. The van der Waals surface area contributed by atoms with Crippen molar-refractivity contribution in [3.63, 3.8) is 0 Å². The second kappa shape index (κ2) is 6.15. The van der Waals surface area contributed by atoms with Crippen LogP contribution >= 0.6 is 0 Å². The van der Waals surface area contributed by atoms with Gasteiger partial charge in [0.25, 0.3) is 10.0 Å². The zero-order chi connectivity index (χ0) is 16.3. The van der Waals surface area contributed by atoms with Gasteiger partial charge in [0, 0.05) is 24.4 Å². The summed E-state index contributed by atoms with van der Waals surface area (Å²) in [6, 6.07) is 7.74. The van der Waals surface area contributed by atoms with E-state index in [-0.39, 0.29) is 23.3 Å². The standard InChI is InChI=1S/C15H15NO5S/c1-11-2-4-13(5-3-11)22(20,21)16-9-8-12(10-16)14(17)6-7-15(18)19/h2-5,8-10H,6-7H2,1H3,(H,18,19). The van der Waals surface area contributed by atoms with Crippen molar-refractivity contribution in [3.05, 3.63) is 53.9 Å². The molecule has 1 aromatic carbocycles. The summed E-state index contributed by atoms with van der Waals surface area (Å²) in [5, 5.41) is 8.56. The van der Waals surface area contributed by atoms with E-state index in [9.17, 15) is 18.0 Å². The third-order valence-electron chi connectivity index (χ3n) is 3.15. The van der Waals surface area contributed by atoms with Gasteiger partial charge in [-0.2, -0.15) is 0 Å². The van der Waals surface area contributed by atoms with Gasteiger partial charge in [0.2, 0.25) is 0 Å². The molecule has 1 aromatic heterocycles. The van der Waals surface area contributed by atoms with Crippen molar-refractivity contribution in [2.45, 2.75) is 24.7 Å². The molecule has 1 N–H and O–H groups in total. The lowest BCUT2D eigenvalue weighted by Gasteiger charge is -2.05. The molecule has 0 aliphatic carbocycles. The highest BCUT2D eigenvalue weighted by atomic mass is 32.2. The van der Waals surface area contributed by atoms with Gasteiger partial charge in [0.1, 0.15) is 0 Å². The maximum absolute atomic E-state index is 12.4. The predicted molar refractivity (Wildman–Crippen MR) is 79.4 cm³/mol. The Hall–Kier alpha value is -2.41. The van der Waals surface area contributed by atoms with Crippen LogP contribution in [0.2, 0.25) is 0 Å². The molecule has 0 atom stereocenters. The lowest BCUT2D eigenvalue weighted by Crippen LogP contribution is -2.11. The Balaban J connectivity index is 2.25. The van der Waals surface area contributed by atoms with Crippen LogP contribution in [0.25, 0.3) is 0 Å². The molecule has 0 saturated carbocycles. The van der Waals surface area contributed by atoms with Crippen LogP contribution in [-0.2, 0) is 14.8 Å².